The Hall–Kier alpha value is -1.16. The Morgan fingerprint density at radius 3 is 2.72 bits per heavy atom. The fourth-order valence-electron chi connectivity index (χ4n) is 2.16. The number of benzene rings is 1. The van der Waals surface area contributed by atoms with Gasteiger partial charge in [-0.15, -0.1) is 0 Å². The van der Waals surface area contributed by atoms with E-state index in [9.17, 15) is 9.90 Å². The first-order valence-corrected chi connectivity index (χ1v) is 7.42. The summed E-state index contributed by atoms with van der Waals surface area (Å²) in [7, 11) is 0. The van der Waals surface area contributed by atoms with Crippen molar-refractivity contribution in [3.63, 3.8) is 0 Å². The topological polar surface area (TPSA) is 49.3 Å². The largest absolute Gasteiger partial charge is 0.508 e. The highest BCUT2D eigenvalue weighted by Crippen LogP contribution is 2.42. The average Bonchev–Trinajstić information content (AvgIpc) is 2.31. The summed E-state index contributed by atoms with van der Waals surface area (Å²) in [5.74, 6) is 0.171. The van der Waals surface area contributed by atoms with Crippen LogP contribution in [0.25, 0.3) is 0 Å². The zero-order valence-corrected chi connectivity index (χ0v) is 11.6. The van der Waals surface area contributed by atoms with Crippen molar-refractivity contribution in [3.05, 3.63) is 29.3 Å². The molecule has 1 aromatic rings. The Labute approximate surface area is 112 Å². The summed E-state index contributed by atoms with van der Waals surface area (Å²) in [6, 6.07) is 4.94. The van der Waals surface area contributed by atoms with E-state index < -0.39 is 0 Å². The third kappa shape index (κ3) is 2.64. The molecule has 1 aliphatic rings. The molecule has 3 nitrogen and oxygen atoms in total. The minimum atomic E-state index is -0.0570. The lowest BCUT2D eigenvalue weighted by Crippen LogP contribution is -2.45. The van der Waals surface area contributed by atoms with Crippen LogP contribution in [0, 0.1) is 6.92 Å². The molecule has 18 heavy (non-hydrogen) atoms. The van der Waals surface area contributed by atoms with Crippen molar-refractivity contribution in [2.24, 2.45) is 0 Å². The van der Waals surface area contributed by atoms with Crippen LogP contribution < -0.4 is 5.32 Å². The molecule has 0 spiro atoms. The highest BCUT2D eigenvalue weighted by atomic mass is 32.2. The molecule has 0 unspecified atom stereocenters. The first-order chi connectivity index (χ1) is 8.56. The molecule has 0 bridgehead atoms. The number of carbonyl (C=O) groups is 1. The second-order valence-corrected chi connectivity index (χ2v) is 6.20. The number of hydrogen-bond donors (Lipinski definition) is 2. The van der Waals surface area contributed by atoms with E-state index in [1.807, 2.05) is 11.8 Å². The maximum Gasteiger partial charge on any atom is 0.251 e. The second-order valence-electron chi connectivity index (χ2n) is 4.92. The van der Waals surface area contributed by atoms with Crippen LogP contribution in [-0.4, -0.2) is 28.6 Å². The fourth-order valence-corrected chi connectivity index (χ4v) is 3.08. The summed E-state index contributed by atoms with van der Waals surface area (Å²) in [6.07, 6.45) is 5.73. The van der Waals surface area contributed by atoms with E-state index >= 15 is 0 Å². The number of aryl methyl sites for hydroxylation is 1. The molecule has 1 saturated carbocycles. The quantitative estimate of drug-likeness (QED) is 0.880. The lowest BCUT2D eigenvalue weighted by atomic mass is 9.84. The van der Waals surface area contributed by atoms with Crippen molar-refractivity contribution in [3.8, 4) is 5.75 Å². The van der Waals surface area contributed by atoms with E-state index in [0.29, 0.717) is 5.56 Å². The normalized spacial score (nSPS) is 17.0. The van der Waals surface area contributed by atoms with Crippen molar-refractivity contribution >= 4 is 17.7 Å². The molecule has 0 atom stereocenters. The van der Waals surface area contributed by atoms with Gasteiger partial charge in [-0.25, -0.2) is 0 Å². The van der Waals surface area contributed by atoms with Crippen molar-refractivity contribution in [2.75, 3.05) is 12.8 Å². The van der Waals surface area contributed by atoms with Gasteiger partial charge in [-0.3, -0.25) is 4.79 Å². The zero-order chi connectivity index (χ0) is 13.2. The maximum atomic E-state index is 12.0. The standard InChI is InChI=1S/C14H19NO2S/c1-10-8-11(4-5-12(10)16)13(17)15-9-14(18-2)6-3-7-14/h4-5,8,16H,3,6-7,9H2,1-2H3,(H,15,17). The van der Waals surface area contributed by atoms with E-state index in [1.54, 1.807) is 25.1 Å². The summed E-state index contributed by atoms with van der Waals surface area (Å²) in [4.78, 5) is 12.0. The van der Waals surface area contributed by atoms with Gasteiger partial charge in [0, 0.05) is 16.9 Å². The SMILES string of the molecule is CSC1(CNC(=O)c2ccc(O)c(C)c2)CCC1. The molecule has 2 N–H and O–H groups in total. The van der Waals surface area contributed by atoms with Crippen LogP contribution in [0.1, 0.15) is 35.2 Å². The first kappa shape index (κ1) is 13.3. The molecule has 0 aromatic heterocycles. The van der Waals surface area contributed by atoms with Crippen molar-refractivity contribution in [1.29, 1.82) is 0 Å². The molecule has 1 aliphatic carbocycles. The lowest BCUT2D eigenvalue weighted by molar-refractivity contribution is 0.0944. The maximum absolute atomic E-state index is 12.0. The Morgan fingerprint density at radius 1 is 1.50 bits per heavy atom. The number of aromatic hydroxyl groups is 1. The molecule has 1 fully saturated rings. The monoisotopic (exact) mass is 265 g/mol. The highest BCUT2D eigenvalue weighted by molar-refractivity contribution is 8.00. The smallest absolute Gasteiger partial charge is 0.251 e. The molecule has 0 heterocycles. The Bertz CT molecular complexity index is 450. The van der Waals surface area contributed by atoms with Crippen LogP contribution in [0.4, 0.5) is 0 Å². The van der Waals surface area contributed by atoms with Crippen LogP contribution in [0.3, 0.4) is 0 Å². The molecule has 1 aromatic carbocycles. The predicted octanol–water partition coefficient (Wildman–Crippen LogP) is 2.72. The van der Waals surface area contributed by atoms with Gasteiger partial charge in [0.15, 0.2) is 0 Å². The summed E-state index contributed by atoms with van der Waals surface area (Å²) in [5.41, 5.74) is 1.34. The van der Waals surface area contributed by atoms with Gasteiger partial charge >= 0.3 is 0 Å². The van der Waals surface area contributed by atoms with Crippen LogP contribution in [0.5, 0.6) is 5.75 Å². The number of rotatable bonds is 4. The third-order valence-electron chi connectivity index (χ3n) is 3.73. The average molecular weight is 265 g/mol. The van der Waals surface area contributed by atoms with Crippen molar-refractivity contribution < 1.29 is 9.90 Å². The van der Waals surface area contributed by atoms with Gasteiger partial charge in [0.25, 0.3) is 5.91 Å². The summed E-state index contributed by atoms with van der Waals surface area (Å²) < 4.78 is 0.252. The molecule has 0 radical (unpaired) electrons. The number of carbonyl (C=O) groups excluding carboxylic acids is 1. The van der Waals surface area contributed by atoms with Gasteiger partial charge in [-0.2, -0.15) is 11.8 Å². The van der Waals surface area contributed by atoms with Gasteiger partial charge in [0.05, 0.1) is 0 Å². The molecular formula is C14H19NO2S. The number of amides is 1. The Kier molecular flexibility index (Phi) is 3.85. The van der Waals surface area contributed by atoms with Crippen molar-refractivity contribution in [2.45, 2.75) is 30.9 Å². The van der Waals surface area contributed by atoms with Gasteiger partial charge in [0.2, 0.25) is 0 Å². The predicted molar refractivity (Wildman–Crippen MR) is 75.3 cm³/mol. The molecule has 98 valence electrons. The van der Waals surface area contributed by atoms with E-state index in [-0.39, 0.29) is 16.4 Å². The van der Waals surface area contributed by atoms with Crippen LogP contribution in [-0.2, 0) is 0 Å². The molecule has 0 saturated heterocycles. The Balaban J connectivity index is 1.97. The van der Waals surface area contributed by atoms with Crippen LogP contribution in [0.15, 0.2) is 18.2 Å². The van der Waals surface area contributed by atoms with E-state index in [0.717, 1.165) is 12.1 Å². The summed E-state index contributed by atoms with van der Waals surface area (Å²) >= 11 is 1.85. The highest BCUT2D eigenvalue weighted by Gasteiger charge is 2.36. The van der Waals surface area contributed by atoms with Crippen molar-refractivity contribution in [1.82, 2.24) is 5.32 Å². The molecule has 0 aliphatic heterocycles. The number of phenolic OH excluding ortho intramolecular Hbond substituents is 1. The number of nitrogens with one attached hydrogen (secondary N) is 1. The number of thioether (sulfide) groups is 1. The summed E-state index contributed by atoms with van der Waals surface area (Å²) in [5, 5.41) is 12.4. The second kappa shape index (κ2) is 5.22. The summed E-state index contributed by atoms with van der Waals surface area (Å²) in [6.45, 7) is 2.52. The zero-order valence-electron chi connectivity index (χ0n) is 10.8. The Morgan fingerprint density at radius 2 is 2.22 bits per heavy atom. The number of hydrogen-bond acceptors (Lipinski definition) is 3. The van der Waals surface area contributed by atoms with Gasteiger partial charge in [0.1, 0.15) is 5.75 Å². The molecular weight excluding hydrogens is 246 g/mol. The molecule has 2 rings (SSSR count). The van der Waals surface area contributed by atoms with Crippen LogP contribution in [0.2, 0.25) is 0 Å². The van der Waals surface area contributed by atoms with Crippen LogP contribution >= 0.6 is 11.8 Å². The van der Waals surface area contributed by atoms with E-state index in [4.69, 9.17) is 0 Å². The minimum Gasteiger partial charge on any atom is -0.508 e. The fraction of sp³-hybridized carbons (Fsp3) is 0.500. The van der Waals surface area contributed by atoms with E-state index in [2.05, 4.69) is 11.6 Å². The van der Waals surface area contributed by atoms with E-state index in [1.165, 1.54) is 19.3 Å². The third-order valence-corrected chi connectivity index (χ3v) is 5.15. The first-order valence-electron chi connectivity index (χ1n) is 6.19. The molecule has 1 amide bonds. The van der Waals surface area contributed by atoms with Gasteiger partial charge in [-0.1, -0.05) is 6.42 Å². The van der Waals surface area contributed by atoms with Gasteiger partial charge < -0.3 is 10.4 Å². The minimum absolute atomic E-state index is 0.0570. The number of phenols is 1. The molecule has 4 heteroatoms. The van der Waals surface area contributed by atoms with Gasteiger partial charge in [-0.05, 0) is 49.8 Å². The lowest BCUT2D eigenvalue weighted by Gasteiger charge is -2.40.